The molecule has 81 heavy (non-hydrogen) atoms. The predicted octanol–water partition coefficient (Wildman–Crippen LogP) is 17.6. The van der Waals surface area contributed by atoms with Crippen LogP contribution in [0.5, 0.6) is 11.5 Å². The number of nitrogens with zero attached hydrogens (tertiary/aromatic N) is 6. The van der Waals surface area contributed by atoms with Crippen LogP contribution in [0.1, 0.15) is 0 Å². The highest BCUT2D eigenvalue weighted by molar-refractivity contribution is 6.14. The van der Waals surface area contributed by atoms with Crippen LogP contribution in [-0.2, 0) is 0 Å². The summed E-state index contributed by atoms with van der Waals surface area (Å²) < 4.78 is 52.3. The van der Waals surface area contributed by atoms with Crippen molar-refractivity contribution in [2.45, 2.75) is 0 Å². The fourth-order valence-electron chi connectivity index (χ4n) is 11.4. The smallest absolute Gasteiger partial charge is 0.236 e. The standard InChI is InChI=1S/C35H22FN3O2.C34H20FN3O2/c1-40-32-25(22-13-5-8-16-27(22)36)19-20-26-31-34(41-33(26)32)30(21-11-3-2-4-12-21)37-35(38-31)39-28-17-9-6-14-23(28)24-15-7-10-18-29(24)39;35-26-15-7-4-12-21(26)24-18-19-25-30-33(40-32(25)31(24)39)29(20-10-2-1-3-11-20)36-34(37-30)38-27-16-8-5-13-22(27)23-14-6-9-17-28(23)38/h2-20H,1H3;1-19,39H. The largest absolute Gasteiger partial charge is 0.504 e. The molecule has 0 amide bonds. The van der Waals surface area contributed by atoms with Gasteiger partial charge in [0.05, 0.1) is 39.9 Å². The van der Waals surface area contributed by atoms with Crippen LogP contribution < -0.4 is 4.74 Å². The molecule has 0 bridgehead atoms. The highest BCUT2D eigenvalue weighted by atomic mass is 19.1. The number of ether oxygens (including phenoxy) is 1. The Hall–Kier alpha value is -11.0. The highest BCUT2D eigenvalue weighted by Crippen LogP contribution is 2.46. The Labute approximate surface area is 459 Å². The molecule has 10 nitrogen and oxygen atoms in total. The summed E-state index contributed by atoms with van der Waals surface area (Å²) in [6, 6.07) is 72.9. The number of aromatic nitrogens is 6. The fraction of sp³-hybridized carbons (Fsp3) is 0.0145. The van der Waals surface area contributed by atoms with Crippen LogP contribution in [0.2, 0.25) is 0 Å². The molecule has 0 aliphatic heterocycles. The summed E-state index contributed by atoms with van der Waals surface area (Å²) in [6.07, 6.45) is 0. The van der Waals surface area contributed by atoms with E-state index < -0.39 is 5.82 Å². The summed E-state index contributed by atoms with van der Waals surface area (Å²) in [5.74, 6) is 0.574. The maximum Gasteiger partial charge on any atom is 0.236 e. The number of phenolic OH excluding ortho intramolecular Hbond substituents is 1. The Kier molecular flexibility index (Phi) is 11.0. The van der Waals surface area contributed by atoms with Gasteiger partial charge < -0.3 is 18.7 Å². The molecule has 6 heterocycles. The molecule has 16 aromatic rings. The lowest BCUT2D eigenvalue weighted by atomic mass is 10.0. The van der Waals surface area contributed by atoms with Gasteiger partial charge in [-0.3, -0.25) is 9.13 Å². The van der Waals surface area contributed by atoms with Gasteiger partial charge in [0.25, 0.3) is 0 Å². The van der Waals surface area contributed by atoms with Crippen molar-refractivity contribution >= 4 is 87.7 Å². The molecule has 10 aromatic carbocycles. The van der Waals surface area contributed by atoms with Gasteiger partial charge in [-0.1, -0.05) is 170 Å². The number of halogens is 2. The number of fused-ring (bicyclic) bond motifs is 12. The van der Waals surface area contributed by atoms with Crippen molar-refractivity contribution in [2.75, 3.05) is 7.11 Å². The van der Waals surface area contributed by atoms with Crippen LogP contribution in [0.15, 0.2) is 239 Å². The molecule has 6 aromatic heterocycles. The van der Waals surface area contributed by atoms with E-state index in [0.717, 1.165) is 60.1 Å². The van der Waals surface area contributed by atoms with Crippen LogP contribution >= 0.6 is 0 Å². The minimum absolute atomic E-state index is 0.141. The van der Waals surface area contributed by atoms with E-state index in [4.69, 9.17) is 33.5 Å². The normalized spacial score (nSPS) is 11.7. The molecule has 0 aliphatic rings. The predicted molar refractivity (Wildman–Crippen MR) is 317 cm³/mol. The Morgan fingerprint density at radius 1 is 0.358 bits per heavy atom. The number of hydrogen-bond acceptors (Lipinski definition) is 8. The van der Waals surface area contributed by atoms with E-state index in [2.05, 4.69) is 57.7 Å². The van der Waals surface area contributed by atoms with Gasteiger partial charge in [0.2, 0.25) is 11.9 Å². The van der Waals surface area contributed by atoms with Crippen LogP contribution in [0, 0.1) is 11.6 Å². The molecule has 0 aliphatic carbocycles. The number of methoxy groups -OCH3 is 1. The Bertz CT molecular complexity index is 5060. The van der Waals surface area contributed by atoms with E-state index in [0.29, 0.717) is 84.5 Å². The number of hydrogen-bond donors (Lipinski definition) is 1. The molecule has 0 spiro atoms. The van der Waals surface area contributed by atoms with Gasteiger partial charge in [-0.2, -0.15) is 0 Å². The van der Waals surface area contributed by atoms with E-state index in [9.17, 15) is 13.9 Å². The van der Waals surface area contributed by atoms with E-state index >= 15 is 0 Å². The molecule has 16 rings (SSSR count). The second-order valence-corrected chi connectivity index (χ2v) is 19.6. The molecule has 0 saturated carbocycles. The first-order valence-corrected chi connectivity index (χ1v) is 26.3. The van der Waals surface area contributed by atoms with Crippen molar-refractivity contribution in [1.29, 1.82) is 0 Å². The highest BCUT2D eigenvalue weighted by Gasteiger charge is 2.26. The molecular weight excluding hydrogens is 1010 g/mol. The first-order chi connectivity index (χ1) is 39.9. The molecular formula is C69H42F2N6O4. The number of aromatic hydroxyl groups is 1. The van der Waals surface area contributed by atoms with Gasteiger partial charge in [0, 0.05) is 54.9 Å². The lowest BCUT2D eigenvalue weighted by molar-refractivity contribution is 0.413. The zero-order valence-corrected chi connectivity index (χ0v) is 43.1. The van der Waals surface area contributed by atoms with Crippen LogP contribution in [0.25, 0.3) is 144 Å². The summed E-state index contributed by atoms with van der Waals surface area (Å²) in [5.41, 5.74) is 11.6. The first kappa shape index (κ1) is 47.3. The van der Waals surface area contributed by atoms with Crippen molar-refractivity contribution in [3.63, 3.8) is 0 Å². The Morgan fingerprint density at radius 3 is 1.17 bits per heavy atom. The zero-order chi connectivity index (χ0) is 54.3. The molecule has 1 N–H and O–H groups in total. The number of benzene rings is 10. The van der Waals surface area contributed by atoms with Crippen molar-refractivity contribution in [2.24, 2.45) is 0 Å². The average molecular weight is 1060 g/mol. The summed E-state index contributed by atoms with van der Waals surface area (Å²) in [6.45, 7) is 0. The third kappa shape index (κ3) is 7.52. The number of para-hydroxylation sites is 4. The maximum atomic E-state index is 14.8. The zero-order valence-electron chi connectivity index (χ0n) is 43.1. The summed E-state index contributed by atoms with van der Waals surface area (Å²) in [7, 11) is 1.57. The lowest BCUT2D eigenvalue weighted by Gasteiger charge is -2.10. The molecule has 386 valence electrons. The monoisotopic (exact) mass is 1060 g/mol. The second kappa shape index (κ2) is 18.9. The number of phenols is 1. The van der Waals surface area contributed by atoms with Gasteiger partial charge in [0.15, 0.2) is 33.8 Å². The fourth-order valence-corrected chi connectivity index (χ4v) is 11.4. The van der Waals surface area contributed by atoms with Crippen molar-refractivity contribution in [3.8, 4) is 68.2 Å². The maximum absolute atomic E-state index is 14.8. The van der Waals surface area contributed by atoms with Gasteiger partial charge in [0.1, 0.15) is 34.1 Å². The average Bonchev–Trinajstić information content (AvgIpc) is 4.41. The second-order valence-electron chi connectivity index (χ2n) is 19.6. The first-order valence-electron chi connectivity index (χ1n) is 26.3. The molecule has 0 saturated heterocycles. The minimum atomic E-state index is -0.424. The summed E-state index contributed by atoms with van der Waals surface area (Å²) >= 11 is 0. The van der Waals surface area contributed by atoms with E-state index in [-0.39, 0.29) is 17.1 Å². The number of rotatable bonds is 7. The SMILES string of the molecule is COc1c(-c2ccccc2F)ccc2c1oc1c(-c3ccccc3)nc(-n3c4ccccc4c4ccccc43)nc12.Oc1c(-c2ccccc2F)ccc2c1oc1c(-c3ccccc3)nc(-n3c4ccccc4c4ccccc43)nc12. The van der Waals surface area contributed by atoms with E-state index in [1.807, 2.05) is 127 Å². The quantitative estimate of drug-likeness (QED) is 0.168. The Morgan fingerprint density at radius 2 is 0.728 bits per heavy atom. The van der Waals surface area contributed by atoms with Crippen molar-refractivity contribution in [1.82, 2.24) is 29.1 Å². The van der Waals surface area contributed by atoms with Crippen molar-refractivity contribution < 1.29 is 27.5 Å². The van der Waals surface area contributed by atoms with Gasteiger partial charge in [-0.15, -0.1) is 0 Å². The van der Waals surface area contributed by atoms with E-state index in [1.165, 1.54) is 12.1 Å². The third-order valence-corrected chi connectivity index (χ3v) is 15.1. The minimum Gasteiger partial charge on any atom is -0.504 e. The van der Waals surface area contributed by atoms with E-state index in [1.54, 1.807) is 49.6 Å². The third-order valence-electron chi connectivity index (χ3n) is 15.1. The van der Waals surface area contributed by atoms with Crippen LogP contribution in [-0.4, -0.2) is 41.3 Å². The molecule has 0 fully saturated rings. The van der Waals surface area contributed by atoms with Crippen molar-refractivity contribution in [3.05, 3.63) is 242 Å². The molecule has 12 heteroatoms. The lowest BCUT2D eigenvalue weighted by Crippen LogP contribution is -2.02. The Balaban J connectivity index is 0.000000139. The van der Waals surface area contributed by atoms with Gasteiger partial charge in [-0.25, -0.2) is 28.7 Å². The number of furan rings is 2. The summed E-state index contributed by atoms with van der Waals surface area (Å²) in [5, 5.41) is 17.2. The molecule has 0 unspecified atom stereocenters. The van der Waals surface area contributed by atoms with Gasteiger partial charge in [-0.05, 0) is 60.7 Å². The van der Waals surface area contributed by atoms with Crippen LogP contribution in [0.4, 0.5) is 8.78 Å². The summed E-state index contributed by atoms with van der Waals surface area (Å²) in [4.78, 5) is 20.3. The van der Waals surface area contributed by atoms with Gasteiger partial charge >= 0.3 is 0 Å². The molecule has 0 atom stereocenters. The van der Waals surface area contributed by atoms with Crippen LogP contribution in [0.3, 0.4) is 0 Å². The topological polar surface area (TPSA) is 117 Å². The molecule has 0 radical (unpaired) electrons.